The van der Waals surface area contributed by atoms with Gasteiger partial charge in [0.15, 0.2) is 0 Å². The van der Waals surface area contributed by atoms with Crippen LogP contribution in [0.15, 0.2) is 114 Å². The molecule has 2 atom stereocenters. The zero-order valence-electron chi connectivity index (χ0n) is 26.5. The number of amides is 2. The number of hydrogen-bond donors (Lipinski definition) is 1. The number of anilines is 1. The first-order valence-corrected chi connectivity index (χ1v) is 16.9. The van der Waals surface area contributed by atoms with E-state index in [1.165, 1.54) is 17.0 Å². The summed E-state index contributed by atoms with van der Waals surface area (Å²) in [5, 5.41) is 3.07. The molecule has 236 valence electrons. The maximum atomic E-state index is 14.5. The Morgan fingerprint density at radius 3 is 2.00 bits per heavy atom. The Morgan fingerprint density at radius 2 is 1.40 bits per heavy atom. The number of carbonyl (C=O) groups excluding carboxylic acids is 2. The summed E-state index contributed by atoms with van der Waals surface area (Å²) in [6.45, 7) is 7.58. The molecular weight excluding hydrogens is 582 g/mol. The molecule has 0 aliphatic carbocycles. The second kappa shape index (κ2) is 15.5. The second-order valence-corrected chi connectivity index (χ2v) is 13.2. The average Bonchev–Trinajstić information content (AvgIpc) is 3.06. The highest BCUT2D eigenvalue weighted by atomic mass is 32.2. The Hall–Kier alpha value is -4.43. The minimum absolute atomic E-state index is 0.0814. The molecule has 45 heavy (non-hydrogen) atoms. The van der Waals surface area contributed by atoms with E-state index >= 15 is 0 Å². The van der Waals surface area contributed by atoms with Crippen molar-refractivity contribution in [1.82, 2.24) is 10.2 Å². The van der Waals surface area contributed by atoms with Crippen LogP contribution in [0.5, 0.6) is 0 Å². The SMILES string of the molecule is CCc1ccc(N(CC(=O)N(Cc2cccc(C)c2)[C@H](Cc2ccccc2)C(=O)N[C@H](C)CC)S(=O)(=O)c2ccccc2)cc1. The van der Waals surface area contributed by atoms with E-state index in [0.29, 0.717) is 5.69 Å². The molecule has 0 unspecified atom stereocenters. The van der Waals surface area contributed by atoms with Crippen molar-refractivity contribution in [2.75, 3.05) is 10.8 Å². The van der Waals surface area contributed by atoms with Crippen molar-refractivity contribution in [3.63, 3.8) is 0 Å². The van der Waals surface area contributed by atoms with E-state index in [1.807, 2.05) is 94.4 Å². The molecule has 0 saturated carbocycles. The van der Waals surface area contributed by atoms with E-state index in [4.69, 9.17) is 0 Å². The van der Waals surface area contributed by atoms with Crippen LogP contribution in [0.1, 0.15) is 49.4 Å². The quantitative estimate of drug-likeness (QED) is 0.178. The van der Waals surface area contributed by atoms with Gasteiger partial charge in [-0.25, -0.2) is 8.42 Å². The monoisotopic (exact) mass is 625 g/mol. The first kappa shape index (κ1) is 33.5. The summed E-state index contributed by atoms with van der Waals surface area (Å²) in [5.74, 6) is -0.755. The van der Waals surface area contributed by atoms with Gasteiger partial charge < -0.3 is 10.2 Å². The summed E-state index contributed by atoms with van der Waals surface area (Å²) < 4.78 is 29.4. The molecule has 1 N–H and O–H groups in total. The number of rotatable bonds is 14. The third kappa shape index (κ3) is 8.82. The average molecular weight is 626 g/mol. The number of hydrogen-bond acceptors (Lipinski definition) is 4. The molecule has 0 saturated heterocycles. The second-order valence-electron chi connectivity index (χ2n) is 11.4. The van der Waals surface area contributed by atoms with Gasteiger partial charge in [-0.3, -0.25) is 13.9 Å². The summed E-state index contributed by atoms with van der Waals surface area (Å²) in [6.07, 6.45) is 1.80. The molecule has 0 spiro atoms. The minimum atomic E-state index is -4.12. The first-order chi connectivity index (χ1) is 21.6. The predicted octanol–water partition coefficient (Wildman–Crippen LogP) is 6.31. The molecular formula is C37H43N3O4S. The van der Waals surface area contributed by atoms with Crippen LogP contribution in [0.25, 0.3) is 0 Å². The Balaban J connectivity index is 1.80. The van der Waals surface area contributed by atoms with E-state index in [9.17, 15) is 18.0 Å². The fraction of sp³-hybridized carbons (Fsp3) is 0.297. The number of benzene rings is 4. The molecule has 2 amide bonds. The van der Waals surface area contributed by atoms with E-state index in [0.717, 1.165) is 39.4 Å². The summed E-state index contributed by atoms with van der Waals surface area (Å²) in [6, 6.07) is 31.7. The van der Waals surface area contributed by atoms with Gasteiger partial charge in [-0.05, 0) is 67.6 Å². The minimum Gasteiger partial charge on any atom is -0.352 e. The van der Waals surface area contributed by atoms with Crippen molar-refractivity contribution in [1.29, 1.82) is 0 Å². The lowest BCUT2D eigenvalue weighted by molar-refractivity contribution is -0.140. The van der Waals surface area contributed by atoms with Gasteiger partial charge in [0.05, 0.1) is 10.6 Å². The van der Waals surface area contributed by atoms with Crippen LogP contribution in [-0.4, -0.2) is 43.8 Å². The third-order valence-corrected chi connectivity index (χ3v) is 9.74. The highest BCUT2D eigenvalue weighted by molar-refractivity contribution is 7.92. The first-order valence-electron chi connectivity index (χ1n) is 15.5. The van der Waals surface area contributed by atoms with E-state index in [2.05, 4.69) is 5.32 Å². The highest BCUT2D eigenvalue weighted by Crippen LogP contribution is 2.26. The molecule has 7 nitrogen and oxygen atoms in total. The number of nitrogens with one attached hydrogen (secondary N) is 1. The molecule has 0 aliphatic heterocycles. The summed E-state index contributed by atoms with van der Waals surface area (Å²) >= 11 is 0. The fourth-order valence-electron chi connectivity index (χ4n) is 5.15. The molecule has 0 aromatic heterocycles. The molecule has 4 rings (SSSR count). The van der Waals surface area contributed by atoms with Gasteiger partial charge >= 0.3 is 0 Å². The number of nitrogens with zero attached hydrogens (tertiary/aromatic N) is 2. The molecule has 8 heteroatoms. The summed E-state index contributed by atoms with van der Waals surface area (Å²) in [5.41, 5.74) is 4.19. The number of aryl methyl sites for hydroxylation is 2. The third-order valence-electron chi connectivity index (χ3n) is 7.95. The van der Waals surface area contributed by atoms with Crippen molar-refractivity contribution in [2.45, 2.75) is 70.5 Å². The number of carbonyl (C=O) groups is 2. The zero-order chi connectivity index (χ0) is 32.4. The maximum Gasteiger partial charge on any atom is 0.264 e. The Morgan fingerprint density at radius 1 is 0.778 bits per heavy atom. The van der Waals surface area contributed by atoms with E-state index in [-0.39, 0.29) is 29.8 Å². The summed E-state index contributed by atoms with van der Waals surface area (Å²) in [4.78, 5) is 30.1. The highest BCUT2D eigenvalue weighted by Gasteiger charge is 2.35. The molecule has 0 fully saturated rings. The van der Waals surface area contributed by atoms with Crippen molar-refractivity contribution < 1.29 is 18.0 Å². The molecule has 0 bridgehead atoms. The van der Waals surface area contributed by atoms with Gasteiger partial charge in [0.1, 0.15) is 12.6 Å². The molecule has 0 radical (unpaired) electrons. The van der Waals surface area contributed by atoms with Gasteiger partial charge in [-0.15, -0.1) is 0 Å². The van der Waals surface area contributed by atoms with Crippen LogP contribution in [0, 0.1) is 6.92 Å². The van der Waals surface area contributed by atoms with Gasteiger partial charge in [-0.1, -0.05) is 104 Å². The van der Waals surface area contributed by atoms with Crippen LogP contribution in [0.4, 0.5) is 5.69 Å². The van der Waals surface area contributed by atoms with Crippen LogP contribution in [0.2, 0.25) is 0 Å². The van der Waals surface area contributed by atoms with Crippen LogP contribution in [0.3, 0.4) is 0 Å². The van der Waals surface area contributed by atoms with Crippen molar-refractivity contribution in [2.24, 2.45) is 0 Å². The van der Waals surface area contributed by atoms with E-state index in [1.54, 1.807) is 30.3 Å². The molecule has 4 aromatic carbocycles. The molecule has 0 heterocycles. The van der Waals surface area contributed by atoms with Crippen LogP contribution < -0.4 is 9.62 Å². The molecule has 0 aliphatic rings. The van der Waals surface area contributed by atoms with E-state index < -0.39 is 28.5 Å². The number of sulfonamides is 1. The normalized spacial score (nSPS) is 12.6. The maximum absolute atomic E-state index is 14.5. The van der Waals surface area contributed by atoms with Crippen LogP contribution in [-0.2, 0) is 39.0 Å². The predicted molar refractivity (Wildman–Crippen MR) is 180 cm³/mol. The van der Waals surface area contributed by atoms with Crippen molar-refractivity contribution in [3.8, 4) is 0 Å². The Bertz CT molecular complexity index is 1660. The largest absolute Gasteiger partial charge is 0.352 e. The van der Waals surface area contributed by atoms with Gasteiger partial charge in [0, 0.05) is 19.0 Å². The topological polar surface area (TPSA) is 86.8 Å². The fourth-order valence-corrected chi connectivity index (χ4v) is 6.58. The summed E-state index contributed by atoms with van der Waals surface area (Å²) in [7, 11) is -4.12. The van der Waals surface area contributed by atoms with Gasteiger partial charge in [0.2, 0.25) is 11.8 Å². The Kier molecular flexibility index (Phi) is 11.5. The van der Waals surface area contributed by atoms with Gasteiger partial charge in [0.25, 0.3) is 10.0 Å². The van der Waals surface area contributed by atoms with Crippen LogP contribution >= 0.6 is 0 Å². The Labute approximate surface area is 268 Å². The lowest BCUT2D eigenvalue weighted by Gasteiger charge is -2.34. The zero-order valence-corrected chi connectivity index (χ0v) is 27.3. The smallest absolute Gasteiger partial charge is 0.264 e. The lowest BCUT2D eigenvalue weighted by Crippen LogP contribution is -2.54. The van der Waals surface area contributed by atoms with Crippen molar-refractivity contribution in [3.05, 3.63) is 131 Å². The standard InChI is InChI=1S/C37H43N3O4S/c1-5-29(4)38-37(42)35(25-31-15-9-7-10-16-31)39(26-32-17-13-14-28(3)24-32)36(41)27-40(33-22-20-30(6-2)21-23-33)45(43,44)34-18-11-8-12-19-34/h7-24,29,35H,5-6,25-27H2,1-4H3,(H,38,42)/t29-,35-/m1/s1. The van der Waals surface area contributed by atoms with Gasteiger partial charge in [-0.2, -0.15) is 0 Å². The lowest BCUT2D eigenvalue weighted by atomic mass is 10.0. The van der Waals surface area contributed by atoms with Crippen molar-refractivity contribution >= 4 is 27.5 Å². The molecule has 4 aromatic rings.